The van der Waals surface area contributed by atoms with Gasteiger partial charge in [0.2, 0.25) is 0 Å². The maximum Gasteiger partial charge on any atom is 0.345 e. The van der Waals surface area contributed by atoms with Crippen molar-refractivity contribution in [3.63, 3.8) is 0 Å². The number of nitrogens with zero attached hydrogens (tertiary/aromatic N) is 4. The quantitative estimate of drug-likeness (QED) is 0.900. The highest BCUT2D eigenvalue weighted by molar-refractivity contribution is 5.92. The van der Waals surface area contributed by atoms with Gasteiger partial charge >= 0.3 is 5.69 Å². The number of carbonyl (C=O) groups excluding carboxylic acids is 1. The standard InChI is InChI=1S/C15H19N5O2/c1-10-7-12(18-15(22)17-10)14(21)19(2)9-11-3-5-20-6-4-16-13(20)8-11/h4,6-7,11H,3,5,8-9H2,1-2H3,(H,17,18,22)/t11-/m0/s1. The van der Waals surface area contributed by atoms with Crippen molar-refractivity contribution < 1.29 is 4.79 Å². The molecule has 2 aromatic rings. The molecule has 7 nitrogen and oxygen atoms in total. The summed E-state index contributed by atoms with van der Waals surface area (Å²) in [6.07, 6.45) is 5.69. The summed E-state index contributed by atoms with van der Waals surface area (Å²) in [5, 5.41) is 0. The van der Waals surface area contributed by atoms with Crippen molar-refractivity contribution in [2.24, 2.45) is 5.92 Å². The van der Waals surface area contributed by atoms with Gasteiger partial charge in [0.05, 0.1) is 0 Å². The van der Waals surface area contributed by atoms with E-state index < -0.39 is 5.69 Å². The topological polar surface area (TPSA) is 83.9 Å². The van der Waals surface area contributed by atoms with Gasteiger partial charge in [0.15, 0.2) is 0 Å². The van der Waals surface area contributed by atoms with Crippen LogP contribution in [0.3, 0.4) is 0 Å². The molecule has 116 valence electrons. The molecule has 7 heteroatoms. The SMILES string of the molecule is Cc1cc(C(=O)N(C)C[C@H]2CCn3ccnc3C2)nc(=O)[nH]1. The van der Waals surface area contributed by atoms with Gasteiger partial charge in [0, 0.05) is 44.6 Å². The molecular formula is C15H19N5O2. The highest BCUT2D eigenvalue weighted by atomic mass is 16.2. The molecule has 2 aromatic heterocycles. The first kappa shape index (κ1) is 14.5. The Morgan fingerprint density at radius 1 is 1.55 bits per heavy atom. The summed E-state index contributed by atoms with van der Waals surface area (Å²) in [5.74, 6) is 1.23. The van der Waals surface area contributed by atoms with Gasteiger partial charge in [-0.05, 0) is 25.3 Å². The van der Waals surface area contributed by atoms with Crippen LogP contribution in [-0.2, 0) is 13.0 Å². The minimum atomic E-state index is -0.489. The normalized spacial score (nSPS) is 17.1. The summed E-state index contributed by atoms with van der Waals surface area (Å²) in [7, 11) is 1.75. The predicted octanol–water partition coefficient (Wildman–Crippen LogP) is 0.609. The van der Waals surface area contributed by atoms with Crippen LogP contribution in [-0.4, -0.2) is 43.9 Å². The fourth-order valence-electron chi connectivity index (χ4n) is 2.93. The summed E-state index contributed by atoms with van der Waals surface area (Å²) in [5.41, 5.74) is 0.342. The largest absolute Gasteiger partial charge is 0.345 e. The zero-order valence-corrected chi connectivity index (χ0v) is 12.7. The van der Waals surface area contributed by atoms with E-state index in [1.54, 1.807) is 24.9 Å². The van der Waals surface area contributed by atoms with Crippen molar-refractivity contribution >= 4 is 5.91 Å². The Morgan fingerprint density at radius 2 is 2.36 bits per heavy atom. The van der Waals surface area contributed by atoms with Crippen LogP contribution in [0.5, 0.6) is 0 Å². The highest BCUT2D eigenvalue weighted by Gasteiger charge is 2.23. The average Bonchev–Trinajstić information content (AvgIpc) is 2.93. The number of rotatable bonds is 3. The van der Waals surface area contributed by atoms with E-state index in [0.717, 1.165) is 25.2 Å². The molecule has 22 heavy (non-hydrogen) atoms. The third-order valence-electron chi connectivity index (χ3n) is 4.03. The van der Waals surface area contributed by atoms with Crippen LogP contribution in [0.15, 0.2) is 23.3 Å². The molecule has 0 fully saturated rings. The van der Waals surface area contributed by atoms with E-state index in [4.69, 9.17) is 0 Å². The highest BCUT2D eigenvalue weighted by Crippen LogP contribution is 2.20. The Balaban J connectivity index is 1.68. The van der Waals surface area contributed by atoms with Crippen LogP contribution in [0.4, 0.5) is 0 Å². The molecule has 1 atom stereocenters. The molecule has 1 aliphatic heterocycles. The second-order valence-corrected chi connectivity index (χ2v) is 5.84. The number of hydrogen-bond acceptors (Lipinski definition) is 4. The van der Waals surface area contributed by atoms with Gasteiger partial charge in [-0.2, -0.15) is 4.98 Å². The van der Waals surface area contributed by atoms with Crippen molar-refractivity contribution in [3.05, 3.63) is 46.2 Å². The Kier molecular flexibility index (Phi) is 3.79. The molecule has 1 N–H and O–H groups in total. The molecule has 0 unspecified atom stereocenters. The minimum Gasteiger partial charge on any atom is -0.340 e. The summed E-state index contributed by atoms with van der Waals surface area (Å²) >= 11 is 0. The van der Waals surface area contributed by atoms with E-state index in [1.807, 2.05) is 12.4 Å². The molecule has 0 saturated heterocycles. The maximum absolute atomic E-state index is 12.4. The van der Waals surface area contributed by atoms with E-state index in [9.17, 15) is 9.59 Å². The smallest absolute Gasteiger partial charge is 0.340 e. The van der Waals surface area contributed by atoms with Gasteiger partial charge in [-0.3, -0.25) is 4.79 Å². The third-order valence-corrected chi connectivity index (χ3v) is 4.03. The average molecular weight is 301 g/mol. The van der Waals surface area contributed by atoms with E-state index in [0.29, 0.717) is 18.2 Å². The van der Waals surface area contributed by atoms with Crippen molar-refractivity contribution in [1.82, 2.24) is 24.4 Å². The van der Waals surface area contributed by atoms with Gasteiger partial charge in [0.1, 0.15) is 11.5 Å². The lowest BCUT2D eigenvalue weighted by Crippen LogP contribution is -2.36. The van der Waals surface area contributed by atoms with E-state index in [-0.39, 0.29) is 11.6 Å². The van der Waals surface area contributed by atoms with E-state index >= 15 is 0 Å². The second-order valence-electron chi connectivity index (χ2n) is 5.84. The van der Waals surface area contributed by atoms with Crippen molar-refractivity contribution in [1.29, 1.82) is 0 Å². The van der Waals surface area contributed by atoms with E-state index in [2.05, 4.69) is 19.5 Å². The molecule has 0 spiro atoms. The molecule has 3 heterocycles. The Labute approximate surface area is 128 Å². The summed E-state index contributed by atoms with van der Waals surface area (Å²) in [4.78, 5) is 36.1. The fraction of sp³-hybridized carbons (Fsp3) is 0.467. The second kappa shape index (κ2) is 5.75. The zero-order valence-electron chi connectivity index (χ0n) is 12.7. The lowest BCUT2D eigenvalue weighted by Gasteiger charge is -2.27. The number of fused-ring (bicyclic) bond motifs is 1. The first-order chi connectivity index (χ1) is 10.5. The number of H-pyrrole nitrogens is 1. The van der Waals surface area contributed by atoms with Crippen molar-refractivity contribution in [3.8, 4) is 0 Å². The Hall–Kier alpha value is -2.44. The molecule has 0 aliphatic carbocycles. The number of amides is 1. The predicted molar refractivity (Wildman–Crippen MR) is 80.6 cm³/mol. The number of carbonyl (C=O) groups is 1. The third kappa shape index (κ3) is 2.93. The van der Waals surface area contributed by atoms with Gasteiger partial charge < -0.3 is 14.5 Å². The fourth-order valence-corrected chi connectivity index (χ4v) is 2.93. The summed E-state index contributed by atoms with van der Waals surface area (Å²) in [6, 6.07) is 1.60. The Morgan fingerprint density at radius 3 is 3.14 bits per heavy atom. The van der Waals surface area contributed by atoms with Crippen LogP contribution in [0, 0.1) is 12.8 Å². The van der Waals surface area contributed by atoms with Gasteiger partial charge in [-0.1, -0.05) is 0 Å². The molecule has 1 aliphatic rings. The molecule has 0 radical (unpaired) electrons. The zero-order chi connectivity index (χ0) is 15.7. The summed E-state index contributed by atoms with van der Waals surface area (Å²) < 4.78 is 2.15. The van der Waals surface area contributed by atoms with Crippen LogP contribution in [0.2, 0.25) is 0 Å². The van der Waals surface area contributed by atoms with Crippen molar-refractivity contribution in [2.45, 2.75) is 26.3 Å². The van der Waals surface area contributed by atoms with Crippen LogP contribution >= 0.6 is 0 Å². The van der Waals surface area contributed by atoms with Crippen LogP contribution in [0.1, 0.15) is 28.4 Å². The number of aromatic nitrogens is 4. The molecule has 0 aromatic carbocycles. The number of imidazole rings is 1. The minimum absolute atomic E-state index is 0.195. The molecule has 3 rings (SSSR count). The number of aryl methyl sites for hydroxylation is 2. The molecule has 1 amide bonds. The van der Waals surface area contributed by atoms with Crippen molar-refractivity contribution in [2.75, 3.05) is 13.6 Å². The Bertz CT molecular complexity index is 748. The monoisotopic (exact) mass is 301 g/mol. The maximum atomic E-state index is 12.4. The summed E-state index contributed by atoms with van der Waals surface area (Å²) in [6.45, 7) is 3.31. The molecule has 0 bridgehead atoms. The van der Waals surface area contributed by atoms with Gasteiger partial charge in [-0.15, -0.1) is 0 Å². The lowest BCUT2D eigenvalue weighted by atomic mass is 9.97. The lowest BCUT2D eigenvalue weighted by molar-refractivity contribution is 0.0757. The van der Waals surface area contributed by atoms with Crippen LogP contribution < -0.4 is 5.69 Å². The first-order valence-electron chi connectivity index (χ1n) is 7.36. The molecule has 0 saturated carbocycles. The van der Waals surface area contributed by atoms with Crippen LogP contribution in [0.25, 0.3) is 0 Å². The number of aromatic amines is 1. The number of hydrogen-bond donors (Lipinski definition) is 1. The van der Waals surface area contributed by atoms with E-state index in [1.165, 1.54) is 0 Å². The van der Waals surface area contributed by atoms with Gasteiger partial charge in [0.25, 0.3) is 5.91 Å². The first-order valence-corrected chi connectivity index (χ1v) is 7.36. The number of nitrogens with one attached hydrogen (secondary N) is 1. The molecular weight excluding hydrogens is 282 g/mol. The van der Waals surface area contributed by atoms with Gasteiger partial charge in [-0.25, -0.2) is 9.78 Å².